The Morgan fingerprint density at radius 1 is 1.00 bits per heavy atom. The number of nitrogens with zero attached hydrogens (tertiary/aromatic N) is 3. The number of aromatic amines is 1. The molecule has 0 radical (unpaired) electrons. The van der Waals surface area contributed by atoms with Crippen molar-refractivity contribution in [3.8, 4) is 24.1 Å². The number of nitrogens with one attached hydrogen (secondary N) is 1. The van der Waals surface area contributed by atoms with Gasteiger partial charge in [-0.2, -0.15) is 15.8 Å². The zero-order valence-electron chi connectivity index (χ0n) is 5.79. The summed E-state index contributed by atoms with van der Waals surface area (Å²) in [4.78, 5) is 2.21. The molecule has 0 aliphatic heterocycles. The van der Waals surface area contributed by atoms with Crippen molar-refractivity contribution in [2.24, 2.45) is 0 Å². The van der Waals surface area contributed by atoms with Crippen LogP contribution in [0.2, 0.25) is 0 Å². The Morgan fingerprint density at radius 2 is 1.58 bits per heavy atom. The number of H-pyrrole nitrogens is 1. The summed E-state index contributed by atoms with van der Waals surface area (Å²) in [5, 5.41) is 34.4. The van der Waals surface area contributed by atoms with Crippen LogP contribution in [0.25, 0.3) is 0 Å². The minimum absolute atomic E-state index is 0.0912. The first-order chi connectivity index (χ1) is 5.74. The van der Waals surface area contributed by atoms with E-state index in [1.165, 1.54) is 0 Å². The summed E-state index contributed by atoms with van der Waals surface area (Å²) < 4.78 is 0. The van der Waals surface area contributed by atoms with Crippen LogP contribution in [-0.2, 0) is 0 Å². The van der Waals surface area contributed by atoms with Gasteiger partial charge in [-0.05, 0) is 0 Å². The molecule has 0 aromatic carbocycles. The second kappa shape index (κ2) is 2.65. The molecule has 0 aliphatic carbocycles. The molecular weight excluding hydrogens is 156 g/mol. The van der Waals surface area contributed by atoms with Crippen LogP contribution >= 0.6 is 0 Å². The maximum absolute atomic E-state index is 8.99. The smallest absolute Gasteiger partial charge is 0.209 e. The third kappa shape index (κ3) is 0.847. The normalized spacial score (nSPS) is 8.08. The van der Waals surface area contributed by atoms with Crippen LogP contribution in [-0.4, -0.2) is 10.1 Å². The van der Waals surface area contributed by atoms with Gasteiger partial charge in [0.15, 0.2) is 0 Å². The van der Waals surface area contributed by atoms with Crippen molar-refractivity contribution < 1.29 is 5.11 Å². The Balaban J connectivity index is 3.54. The Labute approximate surface area is 67.7 Å². The molecule has 1 aromatic rings. The van der Waals surface area contributed by atoms with Crippen molar-refractivity contribution in [3.05, 3.63) is 16.8 Å². The van der Waals surface area contributed by atoms with E-state index in [1.807, 2.05) is 0 Å². The third-order valence-corrected chi connectivity index (χ3v) is 1.32. The molecule has 0 fully saturated rings. The van der Waals surface area contributed by atoms with Gasteiger partial charge in [0.2, 0.25) is 5.88 Å². The molecule has 12 heavy (non-hydrogen) atoms. The lowest BCUT2D eigenvalue weighted by atomic mass is 10.2. The highest BCUT2D eigenvalue weighted by Crippen LogP contribution is 2.21. The average Bonchev–Trinajstić information content (AvgIpc) is 2.40. The van der Waals surface area contributed by atoms with Crippen molar-refractivity contribution in [2.45, 2.75) is 0 Å². The van der Waals surface area contributed by atoms with Gasteiger partial charge >= 0.3 is 0 Å². The molecule has 0 bridgehead atoms. The predicted octanol–water partition coefficient (Wildman–Crippen LogP) is 0.335. The van der Waals surface area contributed by atoms with Gasteiger partial charge in [0.05, 0.1) is 0 Å². The van der Waals surface area contributed by atoms with Gasteiger partial charge in [0.1, 0.15) is 35.0 Å². The van der Waals surface area contributed by atoms with Crippen LogP contribution in [0.5, 0.6) is 5.88 Å². The minimum atomic E-state index is -0.439. The fourth-order valence-electron chi connectivity index (χ4n) is 0.791. The number of hydrogen-bond donors (Lipinski definition) is 2. The Hall–Kier alpha value is -2.45. The van der Waals surface area contributed by atoms with Crippen molar-refractivity contribution in [1.29, 1.82) is 15.8 Å². The van der Waals surface area contributed by atoms with Crippen LogP contribution in [0.15, 0.2) is 0 Å². The Kier molecular flexibility index (Phi) is 1.69. The second-order valence-electron chi connectivity index (χ2n) is 1.93. The minimum Gasteiger partial charge on any atom is -0.494 e. The first-order valence-electron chi connectivity index (χ1n) is 2.89. The average molecular weight is 158 g/mol. The van der Waals surface area contributed by atoms with Gasteiger partial charge in [0, 0.05) is 0 Å². The van der Waals surface area contributed by atoms with Gasteiger partial charge in [-0.15, -0.1) is 0 Å². The van der Waals surface area contributed by atoms with Crippen LogP contribution in [0.3, 0.4) is 0 Å². The largest absolute Gasteiger partial charge is 0.494 e. The highest BCUT2D eigenvalue weighted by Gasteiger charge is 2.15. The molecule has 0 saturated heterocycles. The van der Waals surface area contributed by atoms with E-state index >= 15 is 0 Å². The molecule has 1 heterocycles. The lowest BCUT2D eigenvalue weighted by molar-refractivity contribution is 0.455. The van der Waals surface area contributed by atoms with Gasteiger partial charge in [-0.1, -0.05) is 0 Å². The zero-order valence-corrected chi connectivity index (χ0v) is 5.79. The molecule has 56 valence electrons. The van der Waals surface area contributed by atoms with E-state index in [4.69, 9.17) is 20.9 Å². The molecule has 0 aliphatic rings. The molecule has 0 unspecified atom stereocenters. The lowest BCUT2D eigenvalue weighted by Crippen LogP contribution is -1.79. The van der Waals surface area contributed by atoms with Gasteiger partial charge in [-0.3, -0.25) is 0 Å². The molecular formula is C7H2N4O. The summed E-state index contributed by atoms with van der Waals surface area (Å²) in [5.74, 6) is -0.439. The number of aromatic nitrogens is 1. The van der Waals surface area contributed by atoms with Crippen LogP contribution in [0.4, 0.5) is 0 Å². The summed E-state index contributed by atoms with van der Waals surface area (Å²) in [5.41, 5.74) is -0.391. The van der Waals surface area contributed by atoms with Gasteiger partial charge < -0.3 is 10.1 Å². The fraction of sp³-hybridized carbons (Fsp3) is 0. The van der Waals surface area contributed by atoms with Crippen molar-refractivity contribution in [2.75, 3.05) is 0 Å². The molecule has 0 saturated carbocycles. The van der Waals surface area contributed by atoms with Crippen LogP contribution < -0.4 is 0 Å². The monoisotopic (exact) mass is 158 g/mol. The molecule has 0 atom stereocenters. The fourth-order valence-corrected chi connectivity index (χ4v) is 0.791. The number of nitriles is 3. The van der Waals surface area contributed by atoms with Crippen molar-refractivity contribution in [3.63, 3.8) is 0 Å². The third-order valence-electron chi connectivity index (χ3n) is 1.32. The molecule has 2 N–H and O–H groups in total. The molecule has 1 aromatic heterocycles. The number of aromatic hydroxyl groups is 1. The summed E-state index contributed by atoms with van der Waals surface area (Å²) in [6.07, 6.45) is 0. The first-order valence-corrected chi connectivity index (χ1v) is 2.89. The molecule has 0 spiro atoms. The van der Waals surface area contributed by atoms with Crippen molar-refractivity contribution in [1.82, 2.24) is 4.98 Å². The predicted molar refractivity (Wildman–Crippen MR) is 36.6 cm³/mol. The Morgan fingerprint density at radius 3 is 2.00 bits per heavy atom. The second-order valence-corrected chi connectivity index (χ2v) is 1.93. The summed E-state index contributed by atoms with van der Waals surface area (Å²) >= 11 is 0. The summed E-state index contributed by atoms with van der Waals surface area (Å²) in [6, 6.07) is 4.92. The van der Waals surface area contributed by atoms with Crippen LogP contribution in [0, 0.1) is 34.0 Å². The molecule has 0 amide bonds. The quantitative estimate of drug-likeness (QED) is 0.567. The molecule has 5 nitrogen and oxygen atoms in total. The molecule has 5 heteroatoms. The van der Waals surface area contributed by atoms with Gasteiger partial charge in [-0.25, -0.2) is 0 Å². The van der Waals surface area contributed by atoms with E-state index < -0.39 is 5.88 Å². The van der Waals surface area contributed by atoms with E-state index in [9.17, 15) is 0 Å². The van der Waals surface area contributed by atoms with E-state index in [1.54, 1.807) is 18.2 Å². The van der Waals surface area contributed by atoms with Gasteiger partial charge in [0.25, 0.3) is 0 Å². The maximum atomic E-state index is 8.99. The zero-order chi connectivity index (χ0) is 9.14. The lowest BCUT2D eigenvalue weighted by Gasteiger charge is -1.80. The van der Waals surface area contributed by atoms with E-state index in [-0.39, 0.29) is 16.8 Å². The summed E-state index contributed by atoms with van der Waals surface area (Å²) in [7, 11) is 0. The standard InChI is InChI=1S/C7H2N4O/c8-1-4-5(2-9)7(12)11-6(4)3-10/h11-12H. The van der Waals surface area contributed by atoms with Crippen molar-refractivity contribution >= 4 is 0 Å². The maximum Gasteiger partial charge on any atom is 0.209 e. The van der Waals surface area contributed by atoms with E-state index in [0.29, 0.717) is 0 Å². The van der Waals surface area contributed by atoms with Crippen LogP contribution in [0.1, 0.15) is 16.8 Å². The molecule has 1 rings (SSSR count). The van der Waals surface area contributed by atoms with E-state index in [2.05, 4.69) is 4.98 Å². The highest BCUT2D eigenvalue weighted by atomic mass is 16.3. The van der Waals surface area contributed by atoms with E-state index in [0.717, 1.165) is 0 Å². The SMILES string of the molecule is N#Cc1[nH]c(O)c(C#N)c1C#N. The highest BCUT2D eigenvalue weighted by molar-refractivity contribution is 5.58. The first kappa shape index (κ1) is 7.65. The number of hydrogen-bond acceptors (Lipinski definition) is 4. The Bertz CT molecular complexity index is 438. The number of rotatable bonds is 0. The topological polar surface area (TPSA) is 107 Å². The summed E-state index contributed by atoms with van der Waals surface area (Å²) in [6.45, 7) is 0.